The molecule has 4 nitrogen and oxygen atoms in total. The normalized spacial score (nSPS) is 10.6. The maximum Gasteiger partial charge on any atom is 0.339 e. The molecule has 0 bridgehead atoms. The predicted molar refractivity (Wildman–Crippen MR) is 60.1 cm³/mol. The Morgan fingerprint density at radius 2 is 2.40 bits per heavy atom. The van der Waals surface area contributed by atoms with Crippen LogP contribution in [0, 0.1) is 0 Å². The first-order valence-electron chi connectivity index (χ1n) is 4.04. The lowest BCUT2D eigenvalue weighted by molar-refractivity contribution is 0.0602. The minimum Gasteiger partial charge on any atom is -0.465 e. The number of halogens is 2. The lowest BCUT2D eigenvalue weighted by atomic mass is 10.1. The number of benzene rings is 1. The van der Waals surface area contributed by atoms with Crippen LogP contribution in [0.5, 0.6) is 0 Å². The number of carbonyl (C=O) groups is 1. The molecule has 0 unspecified atom stereocenters. The zero-order valence-corrected chi connectivity index (χ0v) is 10.0. The van der Waals surface area contributed by atoms with Crippen LogP contribution < -0.4 is 0 Å². The number of methoxy groups -OCH3 is 1. The van der Waals surface area contributed by atoms with Gasteiger partial charge in [0.15, 0.2) is 0 Å². The topological polar surface area (TPSA) is 55.0 Å². The SMILES string of the molecule is COC(=O)c1c(Br)cc(Cl)c2[nH]ncc12. The van der Waals surface area contributed by atoms with Gasteiger partial charge in [0.2, 0.25) is 0 Å². The molecular weight excluding hydrogens is 283 g/mol. The summed E-state index contributed by atoms with van der Waals surface area (Å²) in [4.78, 5) is 11.5. The Hall–Kier alpha value is -1.07. The molecule has 0 spiro atoms. The van der Waals surface area contributed by atoms with Gasteiger partial charge < -0.3 is 4.74 Å². The number of carbonyl (C=O) groups excluding carboxylic acids is 1. The standard InChI is InChI=1S/C9H6BrClN2O2/c1-15-9(14)7-4-3-12-13-8(4)6(11)2-5(7)10/h2-3H,1H3,(H,12,13). The van der Waals surface area contributed by atoms with Gasteiger partial charge >= 0.3 is 5.97 Å². The number of nitrogens with one attached hydrogen (secondary N) is 1. The van der Waals surface area contributed by atoms with Gasteiger partial charge in [-0.15, -0.1) is 0 Å². The predicted octanol–water partition coefficient (Wildman–Crippen LogP) is 2.77. The molecule has 1 aromatic heterocycles. The van der Waals surface area contributed by atoms with Crippen LogP contribution >= 0.6 is 27.5 Å². The van der Waals surface area contributed by atoms with Gasteiger partial charge in [-0.25, -0.2) is 4.79 Å². The van der Waals surface area contributed by atoms with E-state index in [9.17, 15) is 4.79 Å². The van der Waals surface area contributed by atoms with Crippen LogP contribution in [0.25, 0.3) is 10.9 Å². The third-order valence-corrected chi connectivity index (χ3v) is 2.95. The van der Waals surface area contributed by atoms with E-state index in [-0.39, 0.29) is 0 Å². The highest BCUT2D eigenvalue weighted by molar-refractivity contribution is 9.10. The average Bonchev–Trinajstić information content (AvgIpc) is 2.66. The van der Waals surface area contributed by atoms with Crippen molar-refractivity contribution in [3.63, 3.8) is 0 Å². The molecule has 0 aliphatic carbocycles. The molecule has 1 heterocycles. The van der Waals surface area contributed by atoms with E-state index in [2.05, 4.69) is 30.9 Å². The molecule has 0 aliphatic rings. The molecule has 1 aromatic carbocycles. The highest BCUT2D eigenvalue weighted by Gasteiger charge is 2.17. The monoisotopic (exact) mass is 288 g/mol. The number of hydrogen-bond donors (Lipinski definition) is 1. The summed E-state index contributed by atoms with van der Waals surface area (Å²) >= 11 is 9.24. The second-order valence-electron chi connectivity index (χ2n) is 2.87. The van der Waals surface area contributed by atoms with Crippen molar-refractivity contribution in [3.8, 4) is 0 Å². The van der Waals surface area contributed by atoms with E-state index in [1.165, 1.54) is 13.3 Å². The van der Waals surface area contributed by atoms with Gasteiger partial charge in [-0.05, 0) is 22.0 Å². The van der Waals surface area contributed by atoms with Crippen LogP contribution in [0.3, 0.4) is 0 Å². The number of fused-ring (bicyclic) bond motifs is 1. The summed E-state index contributed by atoms with van der Waals surface area (Å²) < 4.78 is 5.27. The third-order valence-electron chi connectivity index (χ3n) is 2.03. The molecule has 2 aromatic rings. The van der Waals surface area contributed by atoms with Crippen LogP contribution in [-0.2, 0) is 4.74 Å². The van der Waals surface area contributed by atoms with Crippen molar-refractivity contribution >= 4 is 44.4 Å². The van der Waals surface area contributed by atoms with Crippen LogP contribution in [0.2, 0.25) is 5.02 Å². The fourth-order valence-electron chi connectivity index (χ4n) is 1.35. The first-order valence-corrected chi connectivity index (χ1v) is 5.21. The molecule has 1 N–H and O–H groups in total. The largest absolute Gasteiger partial charge is 0.465 e. The summed E-state index contributed by atoms with van der Waals surface area (Å²) in [6, 6.07) is 1.63. The minimum absolute atomic E-state index is 0.422. The van der Waals surface area contributed by atoms with Crippen molar-refractivity contribution in [2.75, 3.05) is 7.11 Å². The Balaban J connectivity index is 2.82. The summed E-state index contributed by atoms with van der Waals surface area (Å²) in [5.74, 6) is -0.426. The molecule has 15 heavy (non-hydrogen) atoms. The molecule has 78 valence electrons. The van der Waals surface area contributed by atoms with Gasteiger partial charge in [0.1, 0.15) is 0 Å². The Labute approximate surface area is 98.7 Å². The van der Waals surface area contributed by atoms with E-state index in [0.29, 0.717) is 26.0 Å². The maximum atomic E-state index is 11.5. The number of rotatable bonds is 1. The summed E-state index contributed by atoms with van der Waals surface area (Å²) in [6.45, 7) is 0. The van der Waals surface area contributed by atoms with Gasteiger partial charge in [0.05, 0.1) is 29.4 Å². The number of H-pyrrole nitrogens is 1. The van der Waals surface area contributed by atoms with Crippen LogP contribution in [0.4, 0.5) is 0 Å². The Bertz CT molecular complexity index is 538. The van der Waals surface area contributed by atoms with E-state index >= 15 is 0 Å². The Kier molecular flexibility index (Phi) is 2.67. The van der Waals surface area contributed by atoms with Gasteiger partial charge in [-0.1, -0.05) is 11.6 Å². The smallest absolute Gasteiger partial charge is 0.339 e. The van der Waals surface area contributed by atoms with Crippen molar-refractivity contribution in [2.45, 2.75) is 0 Å². The lowest BCUT2D eigenvalue weighted by Crippen LogP contribution is -2.03. The molecule has 0 atom stereocenters. The van der Waals surface area contributed by atoms with E-state index in [4.69, 9.17) is 11.6 Å². The molecule has 2 rings (SSSR count). The summed E-state index contributed by atoms with van der Waals surface area (Å²) in [7, 11) is 1.33. The molecular formula is C9H6BrClN2O2. The maximum absolute atomic E-state index is 11.5. The second kappa shape index (κ2) is 3.83. The Morgan fingerprint density at radius 1 is 1.67 bits per heavy atom. The van der Waals surface area contributed by atoms with Gasteiger partial charge in [0, 0.05) is 9.86 Å². The lowest BCUT2D eigenvalue weighted by Gasteiger charge is -2.04. The molecule has 0 fully saturated rings. The number of aromatic nitrogens is 2. The van der Waals surface area contributed by atoms with Gasteiger partial charge in [-0.2, -0.15) is 5.10 Å². The number of ether oxygens (including phenoxy) is 1. The first kappa shape index (κ1) is 10.4. The second-order valence-corrected chi connectivity index (χ2v) is 4.13. The third kappa shape index (κ3) is 1.61. The summed E-state index contributed by atoms with van der Waals surface area (Å²) in [5.41, 5.74) is 1.05. The molecule has 0 aliphatic heterocycles. The van der Waals surface area contributed by atoms with Gasteiger partial charge in [-0.3, -0.25) is 5.10 Å². The average molecular weight is 290 g/mol. The zero-order valence-electron chi connectivity index (χ0n) is 7.67. The molecule has 6 heteroatoms. The van der Waals surface area contributed by atoms with E-state index < -0.39 is 5.97 Å². The summed E-state index contributed by atoms with van der Waals surface area (Å²) in [6.07, 6.45) is 1.54. The fourth-order valence-corrected chi connectivity index (χ4v) is 2.34. The molecule has 0 saturated heterocycles. The summed E-state index contributed by atoms with van der Waals surface area (Å²) in [5, 5.41) is 7.71. The molecule has 0 radical (unpaired) electrons. The number of esters is 1. The fraction of sp³-hybridized carbons (Fsp3) is 0.111. The van der Waals surface area contributed by atoms with Crippen molar-refractivity contribution in [1.82, 2.24) is 10.2 Å². The van der Waals surface area contributed by atoms with E-state index in [0.717, 1.165) is 0 Å². The van der Waals surface area contributed by atoms with Crippen molar-refractivity contribution < 1.29 is 9.53 Å². The number of hydrogen-bond acceptors (Lipinski definition) is 3. The quantitative estimate of drug-likeness (QED) is 0.821. The van der Waals surface area contributed by atoms with Crippen molar-refractivity contribution in [2.24, 2.45) is 0 Å². The number of aromatic amines is 1. The number of nitrogens with zero attached hydrogens (tertiary/aromatic N) is 1. The molecule has 0 amide bonds. The van der Waals surface area contributed by atoms with E-state index in [1.807, 2.05) is 0 Å². The van der Waals surface area contributed by atoms with E-state index in [1.54, 1.807) is 6.07 Å². The van der Waals surface area contributed by atoms with Crippen molar-refractivity contribution in [3.05, 3.63) is 27.3 Å². The van der Waals surface area contributed by atoms with Crippen LogP contribution in [-0.4, -0.2) is 23.3 Å². The van der Waals surface area contributed by atoms with Crippen molar-refractivity contribution in [1.29, 1.82) is 0 Å². The minimum atomic E-state index is -0.426. The Morgan fingerprint density at radius 3 is 3.07 bits per heavy atom. The first-order chi connectivity index (χ1) is 7.15. The van der Waals surface area contributed by atoms with Gasteiger partial charge in [0.25, 0.3) is 0 Å². The van der Waals surface area contributed by atoms with Crippen LogP contribution in [0.15, 0.2) is 16.7 Å². The zero-order chi connectivity index (χ0) is 11.0. The van der Waals surface area contributed by atoms with Crippen LogP contribution in [0.1, 0.15) is 10.4 Å². The highest BCUT2D eigenvalue weighted by atomic mass is 79.9. The highest BCUT2D eigenvalue weighted by Crippen LogP contribution is 2.31. The molecule has 0 saturated carbocycles.